The number of hydrogen-bond acceptors (Lipinski definition) is 5. The van der Waals surface area contributed by atoms with Gasteiger partial charge in [-0.3, -0.25) is 0 Å². The second-order valence-corrected chi connectivity index (χ2v) is 4.35. The molecule has 0 unspecified atom stereocenters. The van der Waals surface area contributed by atoms with E-state index in [1.165, 1.54) is 6.33 Å². The van der Waals surface area contributed by atoms with E-state index >= 15 is 0 Å². The molecule has 1 heterocycles. The summed E-state index contributed by atoms with van der Waals surface area (Å²) in [6, 6.07) is 6.11. The van der Waals surface area contributed by atoms with Gasteiger partial charge in [-0.2, -0.15) is 0 Å². The smallest absolute Gasteiger partial charge is 0.338 e. The van der Waals surface area contributed by atoms with Gasteiger partial charge >= 0.3 is 12.0 Å². The Morgan fingerprint density at radius 1 is 1.14 bits per heavy atom. The molecular formula is C15H16N4O3. The average molecular weight is 300 g/mol. The molecule has 22 heavy (non-hydrogen) atoms. The highest BCUT2D eigenvalue weighted by molar-refractivity contribution is 5.92. The Morgan fingerprint density at radius 3 is 2.45 bits per heavy atom. The number of ether oxygens (including phenoxy) is 1. The van der Waals surface area contributed by atoms with Gasteiger partial charge in [0.05, 0.1) is 12.2 Å². The van der Waals surface area contributed by atoms with Gasteiger partial charge in [0.1, 0.15) is 6.33 Å². The Balaban J connectivity index is 1.85. The third-order valence-electron chi connectivity index (χ3n) is 2.72. The van der Waals surface area contributed by atoms with Crippen LogP contribution in [0.3, 0.4) is 0 Å². The number of carbonyl (C=O) groups is 2. The van der Waals surface area contributed by atoms with Crippen molar-refractivity contribution in [2.24, 2.45) is 0 Å². The monoisotopic (exact) mass is 300 g/mol. The molecule has 7 heteroatoms. The van der Waals surface area contributed by atoms with Crippen molar-refractivity contribution in [1.82, 2.24) is 15.3 Å². The van der Waals surface area contributed by atoms with E-state index in [0.29, 0.717) is 24.4 Å². The molecule has 0 radical (unpaired) electrons. The van der Waals surface area contributed by atoms with Crippen molar-refractivity contribution >= 4 is 17.7 Å². The van der Waals surface area contributed by atoms with E-state index in [1.807, 2.05) is 0 Å². The number of aromatic nitrogens is 2. The predicted molar refractivity (Wildman–Crippen MR) is 80.3 cm³/mol. The highest BCUT2D eigenvalue weighted by Crippen LogP contribution is 2.10. The number of urea groups is 1. The number of nitrogens with zero attached hydrogens (tertiary/aromatic N) is 2. The first-order valence-electron chi connectivity index (χ1n) is 6.75. The first-order chi connectivity index (χ1) is 10.7. The number of amides is 2. The Bertz CT molecular complexity index is 629. The maximum Gasteiger partial charge on any atom is 0.338 e. The standard InChI is InChI=1S/C15H16N4O3/c1-2-22-14(20)12-3-5-13(6-4-12)19-15(21)18-9-11-7-16-10-17-8-11/h3-8,10H,2,9H2,1H3,(H2,18,19,21). The van der Waals surface area contributed by atoms with E-state index in [2.05, 4.69) is 20.6 Å². The summed E-state index contributed by atoms with van der Waals surface area (Å²) in [4.78, 5) is 31.0. The quantitative estimate of drug-likeness (QED) is 0.823. The topological polar surface area (TPSA) is 93.2 Å². The molecule has 0 aliphatic rings. The zero-order valence-corrected chi connectivity index (χ0v) is 12.1. The van der Waals surface area contributed by atoms with E-state index in [1.54, 1.807) is 43.6 Å². The van der Waals surface area contributed by atoms with Crippen LogP contribution in [0.2, 0.25) is 0 Å². The maximum absolute atomic E-state index is 11.8. The van der Waals surface area contributed by atoms with Crippen LogP contribution in [-0.4, -0.2) is 28.6 Å². The Morgan fingerprint density at radius 2 is 1.82 bits per heavy atom. The number of esters is 1. The van der Waals surface area contributed by atoms with Crippen molar-refractivity contribution in [3.63, 3.8) is 0 Å². The fourth-order valence-electron chi connectivity index (χ4n) is 1.68. The Labute approximate surface area is 127 Å². The lowest BCUT2D eigenvalue weighted by atomic mass is 10.2. The van der Waals surface area contributed by atoms with Gasteiger partial charge in [-0.05, 0) is 31.2 Å². The molecule has 0 saturated heterocycles. The molecule has 114 valence electrons. The minimum atomic E-state index is -0.387. The third kappa shape index (κ3) is 4.55. The molecule has 0 bridgehead atoms. The number of nitrogens with one attached hydrogen (secondary N) is 2. The summed E-state index contributed by atoms with van der Waals surface area (Å²) >= 11 is 0. The van der Waals surface area contributed by atoms with Gasteiger partial charge in [-0.25, -0.2) is 19.6 Å². The number of carbonyl (C=O) groups excluding carboxylic acids is 2. The zero-order valence-electron chi connectivity index (χ0n) is 12.1. The lowest BCUT2D eigenvalue weighted by Crippen LogP contribution is -2.28. The van der Waals surface area contributed by atoms with Gasteiger partial charge in [0.25, 0.3) is 0 Å². The molecular weight excluding hydrogens is 284 g/mol. The van der Waals surface area contributed by atoms with Gasteiger partial charge in [0.2, 0.25) is 0 Å². The second-order valence-electron chi connectivity index (χ2n) is 4.35. The van der Waals surface area contributed by atoms with Gasteiger partial charge < -0.3 is 15.4 Å². The van der Waals surface area contributed by atoms with Crippen molar-refractivity contribution in [2.75, 3.05) is 11.9 Å². The molecule has 0 aliphatic carbocycles. The van der Waals surface area contributed by atoms with Crippen molar-refractivity contribution < 1.29 is 14.3 Å². The highest BCUT2D eigenvalue weighted by Gasteiger charge is 2.07. The molecule has 2 amide bonds. The predicted octanol–water partition coefficient (Wildman–Crippen LogP) is 1.98. The van der Waals surface area contributed by atoms with Crippen LogP contribution in [0.4, 0.5) is 10.5 Å². The van der Waals surface area contributed by atoms with Crippen LogP contribution < -0.4 is 10.6 Å². The Hall–Kier alpha value is -2.96. The summed E-state index contributed by atoms with van der Waals surface area (Å²) in [5.41, 5.74) is 1.82. The molecule has 1 aromatic heterocycles. The highest BCUT2D eigenvalue weighted by atomic mass is 16.5. The summed E-state index contributed by atoms with van der Waals surface area (Å²) in [6.45, 7) is 2.40. The second kappa shape index (κ2) is 7.72. The third-order valence-corrected chi connectivity index (χ3v) is 2.72. The summed E-state index contributed by atoms with van der Waals surface area (Å²) in [7, 11) is 0. The summed E-state index contributed by atoms with van der Waals surface area (Å²) in [5.74, 6) is -0.387. The normalized spacial score (nSPS) is 9.86. The van der Waals surface area contributed by atoms with Gasteiger partial charge in [0.15, 0.2) is 0 Å². The fraction of sp³-hybridized carbons (Fsp3) is 0.200. The fourth-order valence-corrected chi connectivity index (χ4v) is 1.68. The molecule has 0 spiro atoms. The average Bonchev–Trinajstić information content (AvgIpc) is 2.55. The van der Waals surface area contributed by atoms with Crippen LogP contribution >= 0.6 is 0 Å². The SMILES string of the molecule is CCOC(=O)c1ccc(NC(=O)NCc2cncnc2)cc1. The summed E-state index contributed by atoms with van der Waals surface area (Å²) < 4.78 is 4.89. The molecule has 1 aromatic carbocycles. The minimum Gasteiger partial charge on any atom is -0.462 e. The molecule has 0 saturated carbocycles. The maximum atomic E-state index is 11.8. The lowest BCUT2D eigenvalue weighted by Gasteiger charge is -2.08. The van der Waals surface area contributed by atoms with Crippen LogP contribution in [0.1, 0.15) is 22.8 Å². The Kier molecular flexibility index (Phi) is 5.42. The van der Waals surface area contributed by atoms with Crippen molar-refractivity contribution in [1.29, 1.82) is 0 Å². The van der Waals surface area contributed by atoms with Crippen molar-refractivity contribution in [3.05, 3.63) is 54.1 Å². The molecule has 0 fully saturated rings. The molecule has 2 rings (SSSR count). The minimum absolute atomic E-state index is 0.324. The van der Waals surface area contributed by atoms with Gasteiger partial charge in [0, 0.05) is 30.2 Å². The van der Waals surface area contributed by atoms with Crippen LogP contribution in [0.15, 0.2) is 43.0 Å². The van der Waals surface area contributed by atoms with E-state index in [0.717, 1.165) is 5.56 Å². The number of hydrogen-bond donors (Lipinski definition) is 2. The lowest BCUT2D eigenvalue weighted by molar-refractivity contribution is 0.0526. The van der Waals surface area contributed by atoms with E-state index in [4.69, 9.17) is 4.74 Å². The van der Waals surface area contributed by atoms with Gasteiger partial charge in [-0.15, -0.1) is 0 Å². The van der Waals surface area contributed by atoms with Crippen molar-refractivity contribution in [3.8, 4) is 0 Å². The van der Waals surface area contributed by atoms with Crippen LogP contribution in [0, 0.1) is 0 Å². The first kappa shape index (κ1) is 15.4. The number of rotatable bonds is 5. The van der Waals surface area contributed by atoms with Crippen LogP contribution in [0.5, 0.6) is 0 Å². The van der Waals surface area contributed by atoms with Crippen molar-refractivity contribution in [2.45, 2.75) is 13.5 Å². The van der Waals surface area contributed by atoms with Crippen LogP contribution in [0.25, 0.3) is 0 Å². The van der Waals surface area contributed by atoms with Gasteiger partial charge in [-0.1, -0.05) is 0 Å². The molecule has 0 atom stereocenters. The molecule has 2 aromatic rings. The molecule has 2 N–H and O–H groups in total. The summed E-state index contributed by atoms with van der Waals surface area (Å²) in [5, 5.41) is 5.35. The molecule has 0 aliphatic heterocycles. The van der Waals surface area contributed by atoms with Crippen LogP contribution in [-0.2, 0) is 11.3 Å². The van der Waals surface area contributed by atoms with E-state index in [9.17, 15) is 9.59 Å². The summed E-state index contributed by atoms with van der Waals surface area (Å²) in [6.07, 6.45) is 4.68. The zero-order chi connectivity index (χ0) is 15.8. The first-order valence-corrected chi connectivity index (χ1v) is 6.75. The molecule has 7 nitrogen and oxygen atoms in total. The number of benzene rings is 1. The van der Waals surface area contributed by atoms with E-state index in [-0.39, 0.29) is 12.0 Å². The van der Waals surface area contributed by atoms with E-state index < -0.39 is 0 Å². The largest absolute Gasteiger partial charge is 0.462 e. The number of anilines is 1.